The highest BCUT2D eigenvalue weighted by Gasteiger charge is 2.64. The van der Waals surface area contributed by atoms with Gasteiger partial charge in [-0.2, -0.15) is 0 Å². The van der Waals surface area contributed by atoms with Crippen molar-refractivity contribution in [1.82, 2.24) is 0 Å². The van der Waals surface area contributed by atoms with Crippen LogP contribution in [0.4, 0.5) is 0 Å². The van der Waals surface area contributed by atoms with Crippen molar-refractivity contribution in [2.24, 2.45) is 0 Å². The molecule has 0 unspecified atom stereocenters. The van der Waals surface area contributed by atoms with Gasteiger partial charge < -0.3 is 18.9 Å². The molecule has 4 aliphatic rings. The Hall–Kier alpha value is -2.90. The summed E-state index contributed by atoms with van der Waals surface area (Å²) in [6, 6.07) is 15.0. The molecule has 1 aliphatic carbocycles. The Labute approximate surface area is 190 Å². The number of hydrogen-bond donors (Lipinski definition) is 0. The van der Waals surface area contributed by atoms with Crippen LogP contribution in [0.2, 0.25) is 0 Å². The van der Waals surface area contributed by atoms with Crippen molar-refractivity contribution in [1.29, 1.82) is 0 Å². The zero-order valence-electron chi connectivity index (χ0n) is 18.5. The Morgan fingerprint density at radius 2 is 1.55 bits per heavy atom. The minimum Gasteiger partial charge on any atom is -0.365 e. The minimum absolute atomic E-state index is 0.140. The molecule has 3 aromatic carbocycles. The second-order valence-electron chi connectivity index (χ2n) is 9.87. The molecule has 0 amide bonds. The lowest BCUT2D eigenvalue weighted by atomic mass is 9.76. The summed E-state index contributed by atoms with van der Waals surface area (Å²) in [6.45, 7) is 5.87. The SMILES string of the molecule is CC1(C)O[C@H]2O[C@@H]3c4ccc5c(c4CO[C@@]3(C)[C@H]2O1)C(=O)c1cc2ccccc2cc1C5=O. The molecule has 4 atom stereocenters. The number of carbonyl (C=O) groups is 2. The van der Waals surface area contributed by atoms with Gasteiger partial charge in [0.2, 0.25) is 0 Å². The number of hydrogen-bond acceptors (Lipinski definition) is 6. The zero-order chi connectivity index (χ0) is 22.7. The molecule has 0 saturated carbocycles. The molecule has 2 saturated heterocycles. The molecule has 3 heterocycles. The van der Waals surface area contributed by atoms with E-state index in [1.165, 1.54) is 0 Å². The van der Waals surface area contributed by atoms with Crippen LogP contribution >= 0.6 is 0 Å². The van der Waals surface area contributed by atoms with Crippen molar-refractivity contribution in [3.8, 4) is 0 Å². The van der Waals surface area contributed by atoms with Gasteiger partial charge in [0.15, 0.2) is 23.6 Å². The first kappa shape index (κ1) is 19.6. The lowest BCUT2D eigenvalue weighted by Gasteiger charge is -2.40. The number of rotatable bonds is 0. The largest absolute Gasteiger partial charge is 0.365 e. The summed E-state index contributed by atoms with van der Waals surface area (Å²) in [4.78, 5) is 27.2. The molecule has 0 spiro atoms. The van der Waals surface area contributed by atoms with Gasteiger partial charge >= 0.3 is 0 Å². The summed E-state index contributed by atoms with van der Waals surface area (Å²) in [5, 5.41) is 1.87. The van der Waals surface area contributed by atoms with Crippen LogP contribution in [0.3, 0.4) is 0 Å². The van der Waals surface area contributed by atoms with Crippen molar-refractivity contribution in [3.05, 3.63) is 81.9 Å². The summed E-state index contributed by atoms with van der Waals surface area (Å²) in [5.74, 6) is -1.04. The molecular formula is C27H22O6. The first-order valence-corrected chi connectivity index (χ1v) is 11.2. The summed E-state index contributed by atoms with van der Waals surface area (Å²) >= 11 is 0. The van der Waals surface area contributed by atoms with Crippen molar-refractivity contribution < 1.29 is 28.5 Å². The van der Waals surface area contributed by atoms with Gasteiger partial charge in [0.1, 0.15) is 17.8 Å². The van der Waals surface area contributed by atoms with Gasteiger partial charge in [-0.05, 0) is 60.9 Å². The van der Waals surface area contributed by atoms with Crippen LogP contribution in [0.15, 0.2) is 48.5 Å². The molecule has 6 heteroatoms. The highest BCUT2D eigenvalue weighted by Crippen LogP contribution is 2.54. The minimum atomic E-state index is -0.754. The summed E-state index contributed by atoms with van der Waals surface area (Å²) in [7, 11) is 0. The van der Waals surface area contributed by atoms with E-state index in [4.69, 9.17) is 18.9 Å². The van der Waals surface area contributed by atoms with E-state index in [0.29, 0.717) is 27.8 Å². The Kier molecular flexibility index (Phi) is 3.65. The lowest BCUT2D eigenvalue weighted by molar-refractivity contribution is -0.241. The van der Waals surface area contributed by atoms with Gasteiger partial charge in [-0.1, -0.05) is 30.3 Å². The first-order valence-electron chi connectivity index (χ1n) is 11.2. The Morgan fingerprint density at radius 1 is 0.848 bits per heavy atom. The van der Waals surface area contributed by atoms with Crippen LogP contribution in [-0.4, -0.2) is 35.3 Å². The molecule has 7 rings (SSSR count). The number of benzene rings is 3. The maximum atomic E-state index is 13.7. The molecule has 6 nitrogen and oxygen atoms in total. The molecule has 33 heavy (non-hydrogen) atoms. The topological polar surface area (TPSA) is 71.1 Å². The Balaban J connectivity index is 1.37. The monoisotopic (exact) mass is 442 g/mol. The van der Waals surface area contributed by atoms with Crippen molar-refractivity contribution >= 4 is 22.3 Å². The predicted molar refractivity (Wildman–Crippen MR) is 118 cm³/mol. The van der Waals surface area contributed by atoms with Gasteiger partial charge in [0.05, 0.1) is 6.61 Å². The fourth-order valence-electron chi connectivity index (χ4n) is 5.81. The highest BCUT2D eigenvalue weighted by molar-refractivity contribution is 6.30. The first-order chi connectivity index (χ1) is 15.8. The van der Waals surface area contributed by atoms with Crippen LogP contribution in [0.5, 0.6) is 0 Å². The maximum absolute atomic E-state index is 13.7. The van der Waals surface area contributed by atoms with Crippen LogP contribution in [0.25, 0.3) is 10.8 Å². The zero-order valence-corrected chi connectivity index (χ0v) is 18.5. The van der Waals surface area contributed by atoms with E-state index in [1.807, 2.05) is 63.2 Å². The Bertz CT molecular complexity index is 1410. The third-order valence-corrected chi connectivity index (χ3v) is 7.42. The molecule has 0 bridgehead atoms. The van der Waals surface area contributed by atoms with Crippen LogP contribution < -0.4 is 0 Å². The van der Waals surface area contributed by atoms with Gasteiger partial charge in [-0.15, -0.1) is 0 Å². The smallest absolute Gasteiger partial charge is 0.194 e. The molecule has 3 aliphatic heterocycles. The third kappa shape index (κ3) is 2.47. The molecule has 3 aromatic rings. The number of carbonyl (C=O) groups excluding carboxylic acids is 2. The summed E-state index contributed by atoms with van der Waals surface area (Å²) in [6.07, 6.45) is -1.40. The summed E-state index contributed by atoms with van der Waals surface area (Å²) < 4.78 is 24.6. The standard InChI is InChI=1S/C27H22O6/c1-26(2)32-24-25(33-26)31-23-15-8-9-16-20(19(15)12-30-27(23,24)3)22(29)18-11-14-7-5-4-6-13(14)10-17(18)21(16)28/h4-11,23-25H,12H2,1-3H3/t23-,24+,25-,27-/m1/s1. The highest BCUT2D eigenvalue weighted by atomic mass is 16.8. The Morgan fingerprint density at radius 3 is 2.27 bits per heavy atom. The molecular weight excluding hydrogens is 420 g/mol. The third-order valence-electron chi connectivity index (χ3n) is 7.42. The van der Waals surface area contributed by atoms with Crippen molar-refractivity contribution in [2.75, 3.05) is 0 Å². The fraction of sp³-hybridized carbons (Fsp3) is 0.333. The number of fused-ring (bicyclic) bond motifs is 9. The van der Waals surface area contributed by atoms with E-state index in [9.17, 15) is 9.59 Å². The molecule has 0 radical (unpaired) electrons. The van der Waals surface area contributed by atoms with Crippen LogP contribution in [-0.2, 0) is 25.6 Å². The number of ketones is 2. The van der Waals surface area contributed by atoms with Gasteiger partial charge in [0.25, 0.3) is 0 Å². The maximum Gasteiger partial charge on any atom is 0.194 e. The van der Waals surface area contributed by atoms with Crippen LogP contribution in [0.1, 0.15) is 69.8 Å². The normalized spacial score (nSPS) is 31.1. The van der Waals surface area contributed by atoms with E-state index in [0.717, 1.165) is 16.3 Å². The second kappa shape index (κ2) is 6.15. The van der Waals surface area contributed by atoms with Gasteiger partial charge in [0, 0.05) is 22.3 Å². The van der Waals surface area contributed by atoms with Crippen molar-refractivity contribution in [3.63, 3.8) is 0 Å². The number of ether oxygens (including phenoxy) is 4. The van der Waals surface area contributed by atoms with E-state index in [1.54, 1.807) is 6.07 Å². The summed E-state index contributed by atoms with van der Waals surface area (Å²) in [5.41, 5.74) is 2.54. The quantitative estimate of drug-likeness (QED) is 0.401. The van der Waals surface area contributed by atoms with Crippen molar-refractivity contribution in [2.45, 2.75) is 57.3 Å². The average molecular weight is 442 g/mol. The lowest BCUT2D eigenvalue weighted by Crippen LogP contribution is -2.47. The van der Waals surface area contributed by atoms with Gasteiger partial charge in [-0.25, -0.2) is 0 Å². The molecule has 0 aromatic heterocycles. The van der Waals surface area contributed by atoms with E-state index < -0.39 is 23.8 Å². The molecule has 2 fully saturated rings. The molecule has 0 N–H and O–H groups in total. The van der Waals surface area contributed by atoms with Crippen LogP contribution in [0, 0.1) is 0 Å². The van der Waals surface area contributed by atoms with E-state index >= 15 is 0 Å². The second-order valence-corrected chi connectivity index (χ2v) is 9.87. The van der Waals surface area contributed by atoms with E-state index in [2.05, 4.69) is 0 Å². The fourth-order valence-corrected chi connectivity index (χ4v) is 5.81. The average Bonchev–Trinajstić information content (AvgIpc) is 3.25. The van der Waals surface area contributed by atoms with E-state index in [-0.39, 0.29) is 24.3 Å². The predicted octanol–water partition coefficient (Wildman–Crippen LogP) is 4.45. The van der Waals surface area contributed by atoms with Gasteiger partial charge in [-0.3, -0.25) is 9.59 Å². The molecule has 166 valence electrons.